The minimum atomic E-state index is -0.298. The highest BCUT2D eigenvalue weighted by molar-refractivity contribution is 5.96. The number of rotatable bonds is 5. The average Bonchev–Trinajstić information content (AvgIpc) is 2.72. The SMILES string of the molecule is COc1cccc(C(=O)NCC(=O)N2CCN(c3ncccn3)CC2)c1. The highest BCUT2D eigenvalue weighted by Gasteiger charge is 2.22. The molecule has 2 amide bonds. The summed E-state index contributed by atoms with van der Waals surface area (Å²) in [6.45, 7) is 2.45. The van der Waals surface area contributed by atoms with Gasteiger partial charge in [0.2, 0.25) is 11.9 Å². The van der Waals surface area contributed by atoms with E-state index in [1.807, 2.05) is 4.90 Å². The number of aromatic nitrogens is 2. The van der Waals surface area contributed by atoms with Crippen LogP contribution in [0.1, 0.15) is 10.4 Å². The molecule has 1 aromatic heterocycles. The number of carbonyl (C=O) groups is 2. The van der Waals surface area contributed by atoms with E-state index in [9.17, 15) is 9.59 Å². The molecule has 1 fully saturated rings. The Kier molecular flexibility index (Phi) is 5.62. The molecule has 3 rings (SSSR count). The maximum atomic E-state index is 12.3. The monoisotopic (exact) mass is 355 g/mol. The van der Waals surface area contributed by atoms with Crippen molar-refractivity contribution in [1.29, 1.82) is 0 Å². The van der Waals surface area contributed by atoms with Gasteiger partial charge in [-0.25, -0.2) is 9.97 Å². The van der Waals surface area contributed by atoms with Crippen molar-refractivity contribution in [1.82, 2.24) is 20.2 Å². The van der Waals surface area contributed by atoms with Gasteiger partial charge in [-0.05, 0) is 24.3 Å². The Balaban J connectivity index is 1.47. The average molecular weight is 355 g/mol. The largest absolute Gasteiger partial charge is 0.497 e. The third-order valence-electron chi connectivity index (χ3n) is 4.20. The standard InChI is InChI=1S/C18H21N5O3/c1-26-15-5-2-4-14(12-15)17(25)21-13-16(24)22-8-10-23(11-9-22)18-19-6-3-7-20-18/h2-7,12H,8-11,13H2,1H3,(H,21,25). The lowest BCUT2D eigenvalue weighted by Gasteiger charge is -2.34. The predicted octanol–water partition coefficient (Wildman–Crippen LogP) is 0.564. The van der Waals surface area contributed by atoms with Crippen LogP contribution < -0.4 is 15.0 Å². The molecule has 1 aliphatic rings. The van der Waals surface area contributed by atoms with Crippen LogP contribution in [-0.2, 0) is 4.79 Å². The molecule has 1 N–H and O–H groups in total. The van der Waals surface area contributed by atoms with Gasteiger partial charge in [-0.1, -0.05) is 6.07 Å². The van der Waals surface area contributed by atoms with Crippen molar-refractivity contribution < 1.29 is 14.3 Å². The van der Waals surface area contributed by atoms with Crippen LogP contribution in [0.5, 0.6) is 5.75 Å². The summed E-state index contributed by atoms with van der Waals surface area (Å²) < 4.78 is 5.10. The van der Waals surface area contributed by atoms with Gasteiger partial charge in [0.15, 0.2) is 0 Å². The molecule has 0 spiro atoms. The fourth-order valence-corrected chi connectivity index (χ4v) is 2.74. The first-order valence-corrected chi connectivity index (χ1v) is 8.39. The van der Waals surface area contributed by atoms with Crippen LogP contribution in [0.3, 0.4) is 0 Å². The summed E-state index contributed by atoms with van der Waals surface area (Å²) in [7, 11) is 1.54. The van der Waals surface area contributed by atoms with E-state index in [2.05, 4.69) is 15.3 Å². The van der Waals surface area contributed by atoms with E-state index >= 15 is 0 Å². The Bertz CT molecular complexity index is 760. The van der Waals surface area contributed by atoms with Crippen molar-refractivity contribution in [2.45, 2.75) is 0 Å². The molecule has 1 saturated heterocycles. The second-order valence-corrected chi connectivity index (χ2v) is 5.83. The van der Waals surface area contributed by atoms with E-state index in [1.54, 1.807) is 54.7 Å². The zero-order chi connectivity index (χ0) is 18.4. The van der Waals surface area contributed by atoms with Crippen molar-refractivity contribution in [3.8, 4) is 5.75 Å². The van der Waals surface area contributed by atoms with E-state index in [0.29, 0.717) is 43.4 Å². The van der Waals surface area contributed by atoms with Crippen LogP contribution >= 0.6 is 0 Å². The third kappa shape index (κ3) is 4.27. The normalized spacial score (nSPS) is 14.0. The fraction of sp³-hybridized carbons (Fsp3) is 0.333. The van der Waals surface area contributed by atoms with E-state index in [4.69, 9.17) is 4.74 Å². The van der Waals surface area contributed by atoms with Crippen molar-refractivity contribution in [2.75, 3.05) is 44.7 Å². The first-order chi connectivity index (χ1) is 12.7. The first-order valence-electron chi connectivity index (χ1n) is 8.39. The molecule has 0 saturated carbocycles. The lowest BCUT2D eigenvalue weighted by molar-refractivity contribution is -0.130. The summed E-state index contributed by atoms with van der Waals surface area (Å²) in [6, 6.07) is 8.59. The summed E-state index contributed by atoms with van der Waals surface area (Å²) in [4.78, 5) is 36.7. The Morgan fingerprint density at radius 2 is 1.85 bits per heavy atom. The van der Waals surface area contributed by atoms with Crippen LogP contribution in [0.4, 0.5) is 5.95 Å². The topological polar surface area (TPSA) is 87.7 Å². The smallest absolute Gasteiger partial charge is 0.251 e. The number of benzene rings is 1. The summed E-state index contributed by atoms with van der Waals surface area (Å²) in [5.41, 5.74) is 0.461. The Labute approximate surface area is 151 Å². The minimum Gasteiger partial charge on any atom is -0.497 e. The number of nitrogens with one attached hydrogen (secondary N) is 1. The first kappa shape index (κ1) is 17.7. The summed E-state index contributed by atoms with van der Waals surface area (Å²) in [6.07, 6.45) is 3.40. The second kappa shape index (κ2) is 8.28. The van der Waals surface area contributed by atoms with E-state index in [-0.39, 0.29) is 18.4 Å². The molecular weight excluding hydrogens is 334 g/mol. The number of amides is 2. The van der Waals surface area contributed by atoms with Crippen molar-refractivity contribution in [3.63, 3.8) is 0 Å². The Morgan fingerprint density at radius 1 is 1.12 bits per heavy atom. The van der Waals surface area contributed by atoms with E-state index in [1.165, 1.54) is 0 Å². The molecule has 2 aromatic rings. The molecule has 0 radical (unpaired) electrons. The number of piperazine rings is 1. The second-order valence-electron chi connectivity index (χ2n) is 5.83. The number of nitrogens with zero attached hydrogens (tertiary/aromatic N) is 4. The lowest BCUT2D eigenvalue weighted by atomic mass is 10.2. The number of carbonyl (C=O) groups excluding carboxylic acids is 2. The number of hydrogen-bond donors (Lipinski definition) is 1. The molecule has 1 aromatic carbocycles. The molecule has 8 nitrogen and oxygen atoms in total. The molecule has 1 aliphatic heterocycles. The molecule has 136 valence electrons. The van der Waals surface area contributed by atoms with E-state index < -0.39 is 0 Å². The number of methoxy groups -OCH3 is 1. The molecule has 8 heteroatoms. The van der Waals surface area contributed by atoms with Crippen LogP contribution in [0, 0.1) is 0 Å². The maximum absolute atomic E-state index is 12.3. The quantitative estimate of drug-likeness (QED) is 0.843. The third-order valence-corrected chi connectivity index (χ3v) is 4.20. The molecular formula is C18H21N5O3. The van der Waals surface area contributed by atoms with Crippen molar-refractivity contribution >= 4 is 17.8 Å². The summed E-state index contributed by atoms with van der Waals surface area (Å²) in [5.74, 6) is 0.873. The predicted molar refractivity (Wildman–Crippen MR) is 96.2 cm³/mol. The van der Waals surface area contributed by atoms with Crippen LogP contribution in [0.25, 0.3) is 0 Å². The minimum absolute atomic E-state index is 0.0299. The number of ether oxygens (including phenoxy) is 1. The van der Waals surface area contributed by atoms with Gasteiger partial charge in [0, 0.05) is 44.1 Å². The van der Waals surface area contributed by atoms with Crippen molar-refractivity contribution in [3.05, 3.63) is 48.3 Å². The molecule has 0 bridgehead atoms. The van der Waals surface area contributed by atoms with Gasteiger partial charge in [-0.15, -0.1) is 0 Å². The zero-order valence-electron chi connectivity index (χ0n) is 14.6. The molecule has 0 atom stereocenters. The zero-order valence-corrected chi connectivity index (χ0v) is 14.6. The van der Waals surface area contributed by atoms with Gasteiger partial charge < -0.3 is 19.9 Å². The summed E-state index contributed by atoms with van der Waals surface area (Å²) in [5, 5.41) is 2.67. The van der Waals surface area contributed by atoms with Gasteiger partial charge in [0.05, 0.1) is 13.7 Å². The van der Waals surface area contributed by atoms with E-state index in [0.717, 1.165) is 0 Å². The van der Waals surface area contributed by atoms with Gasteiger partial charge >= 0.3 is 0 Å². The maximum Gasteiger partial charge on any atom is 0.251 e. The van der Waals surface area contributed by atoms with Gasteiger partial charge in [-0.2, -0.15) is 0 Å². The van der Waals surface area contributed by atoms with Crippen LogP contribution in [-0.4, -0.2) is 66.5 Å². The van der Waals surface area contributed by atoms with Crippen molar-refractivity contribution in [2.24, 2.45) is 0 Å². The van der Waals surface area contributed by atoms with Gasteiger partial charge in [0.1, 0.15) is 5.75 Å². The molecule has 0 unspecified atom stereocenters. The molecule has 2 heterocycles. The summed E-state index contributed by atoms with van der Waals surface area (Å²) >= 11 is 0. The Hall–Kier alpha value is -3.16. The Morgan fingerprint density at radius 3 is 2.54 bits per heavy atom. The highest BCUT2D eigenvalue weighted by atomic mass is 16.5. The fourth-order valence-electron chi connectivity index (χ4n) is 2.74. The number of anilines is 1. The molecule has 0 aliphatic carbocycles. The van der Waals surface area contributed by atoms with Gasteiger partial charge in [-0.3, -0.25) is 9.59 Å². The van der Waals surface area contributed by atoms with Crippen LogP contribution in [0.2, 0.25) is 0 Å². The number of hydrogen-bond acceptors (Lipinski definition) is 6. The highest BCUT2D eigenvalue weighted by Crippen LogP contribution is 2.12. The lowest BCUT2D eigenvalue weighted by Crippen LogP contribution is -2.51. The molecule has 26 heavy (non-hydrogen) atoms. The van der Waals surface area contributed by atoms with Gasteiger partial charge in [0.25, 0.3) is 5.91 Å². The van der Waals surface area contributed by atoms with Crippen LogP contribution in [0.15, 0.2) is 42.7 Å².